The average Bonchev–Trinajstić information content (AvgIpc) is 2.46. The smallest absolute Gasteiger partial charge is 0.254 e. The van der Waals surface area contributed by atoms with Gasteiger partial charge in [-0.1, -0.05) is 11.8 Å². The monoisotopic (exact) mass is 271 g/mol. The maximum absolute atomic E-state index is 12.5. The lowest BCUT2D eigenvalue weighted by Crippen LogP contribution is -2.42. The molecule has 1 aliphatic rings. The van der Waals surface area contributed by atoms with Gasteiger partial charge in [0.05, 0.1) is 0 Å². The summed E-state index contributed by atoms with van der Waals surface area (Å²) < 4.78 is 0. The molecule has 0 radical (unpaired) electrons. The molecular weight excluding hydrogens is 250 g/mol. The SMILES string of the molecule is Cc1cc(C(=O)N2CCCCC2C)ccc1C#CCO. The van der Waals surface area contributed by atoms with Gasteiger partial charge in [-0.15, -0.1) is 0 Å². The summed E-state index contributed by atoms with van der Waals surface area (Å²) in [6.07, 6.45) is 3.39. The molecule has 1 heterocycles. The number of hydrogen-bond donors (Lipinski definition) is 1. The van der Waals surface area contributed by atoms with Crippen LogP contribution in [0, 0.1) is 18.8 Å². The number of benzene rings is 1. The summed E-state index contributed by atoms with van der Waals surface area (Å²) in [6, 6.07) is 5.91. The average molecular weight is 271 g/mol. The number of carbonyl (C=O) groups excluding carboxylic acids is 1. The van der Waals surface area contributed by atoms with E-state index in [0.29, 0.717) is 6.04 Å². The fraction of sp³-hybridized carbons (Fsp3) is 0.471. The molecule has 1 aliphatic heterocycles. The highest BCUT2D eigenvalue weighted by Gasteiger charge is 2.24. The summed E-state index contributed by atoms with van der Waals surface area (Å²) in [7, 11) is 0. The molecule has 0 aliphatic carbocycles. The Bertz CT molecular complexity index is 554. The van der Waals surface area contributed by atoms with Crippen LogP contribution in [0.4, 0.5) is 0 Å². The number of piperidine rings is 1. The van der Waals surface area contributed by atoms with Crippen LogP contribution in [0.2, 0.25) is 0 Å². The fourth-order valence-electron chi connectivity index (χ4n) is 2.64. The third-order valence-corrected chi connectivity index (χ3v) is 3.84. The van der Waals surface area contributed by atoms with Crippen molar-refractivity contribution < 1.29 is 9.90 Å². The van der Waals surface area contributed by atoms with E-state index in [-0.39, 0.29) is 12.5 Å². The molecular formula is C17H21NO2. The predicted molar refractivity (Wildman–Crippen MR) is 79.5 cm³/mol. The van der Waals surface area contributed by atoms with Crippen LogP contribution in [0.1, 0.15) is 47.7 Å². The van der Waals surface area contributed by atoms with E-state index in [9.17, 15) is 4.79 Å². The molecule has 0 saturated carbocycles. The Morgan fingerprint density at radius 3 is 2.90 bits per heavy atom. The lowest BCUT2D eigenvalue weighted by Gasteiger charge is -2.33. The molecule has 0 aromatic heterocycles. The first-order valence-electron chi connectivity index (χ1n) is 7.15. The summed E-state index contributed by atoms with van der Waals surface area (Å²) in [5, 5.41) is 8.73. The van der Waals surface area contributed by atoms with Crippen molar-refractivity contribution in [3.8, 4) is 11.8 Å². The maximum atomic E-state index is 12.5. The number of hydrogen-bond acceptors (Lipinski definition) is 2. The molecule has 1 unspecified atom stereocenters. The molecule has 1 N–H and O–H groups in total. The molecule has 1 amide bonds. The van der Waals surface area contributed by atoms with E-state index in [1.807, 2.05) is 30.0 Å². The van der Waals surface area contributed by atoms with E-state index in [1.54, 1.807) is 0 Å². The van der Waals surface area contributed by atoms with Crippen molar-refractivity contribution in [2.24, 2.45) is 0 Å². The highest BCUT2D eigenvalue weighted by Crippen LogP contribution is 2.20. The molecule has 20 heavy (non-hydrogen) atoms. The molecule has 0 bridgehead atoms. The Morgan fingerprint density at radius 2 is 2.25 bits per heavy atom. The van der Waals surface area contributed by atoms with Gasteiger partial charge in [0.2, 0.25) is 0 Å². The third kappa shape index (κ3) is 3.20. The van der Waals surface area contributed by atoms with Crippen LogP contribution in [0.15, 0.2) is 18.2 Å². The Labute approximate surface area is 120 Å². The van der Waals surface area contributed by atoms with Gasteiger partial charge in [0.15, 0.2) is 0 Å². The molecule has 1 atom stereocenters. The highest BCUT2D eigenvalue weighted by molar-refractivity contribution is 5.94. The molecule has 2 rings (SSSR count). The Hall–Kier alpha value is -1.79. The van der Waals surface area contributed by atoms with Crippen molar-refractivity contribution in [2.45, 2.75) is 39.2 Å². The zero-order chi connectivity index (χ0) is 14.5. The van der Waals surface area contributed by atoms with Crippen LogP contribution in [0.3, 0.4) is 0 Å². The first-order valence-corrected chi connectivity index (χ1v) is 7.15. The normalized spacial score (nSPS) is 18.4. The molecule has 3 nitrogen and oxygen atoms in total. The predicted octanol–water partition coefficient (Wildman–Crippen LogP) is 2.35. The lowest BCUT2D eigenvalue weighted by molar-refractivity contribution is 0.0635. The van der Waals surface area contributed by atoms with Gasteiger partial charge in [-0.25, -0.2) is 0 Å². The highest BCUT2D eigenvalue weighted by atomic mass is 16.2. The quantitative estimate of drug-likeness (QED) is 0.797. The van der Waals surface area contributed by atoms with Gasteiger partial charge in [-0.2, -0.15) is 0 Å². The second kappa shape index (κ2) is 6.58. The molecule has 3 heteroatoms. The first kappa shape index (κ1) is 14.6. The Kier molecular flexibility index (Phi) is 4.81. The summed E-state index contributed by atoms with van der Waals surface area (Å²) in [5.74, 6) is 5.64. The van der Waals surface area contributed by atoms with Crippen molar-refractivity contribution in [1.82, 2.24) is 4.90 Å². The molecule has 106 valence electrons. The molecule has 1 aromatic carbocycles. The third-order valence-electron chi connectivity index (χ3n) is 3.84. The van der Waals surface area contributed by atoms with Gasteiger partial charge < -0.3 is 10.0 Å². The van der Waals surface area contributed by atoms with Crippen molar-refractivity contribution in [1.29, 1.82) is 0 Å². The number of rotatable bonds is 1. The van der Waals surface area contributed by atoms with Gasteiger partial charge in [-0.3, -0.25) is 4.79 Å². The van der Waals surface area contributed by atoms with Gasteiger partial charge in [0, 0.05) is 23.7 Å². The fourth-order valence-corrected chi connectivity index (χ4v) is 2.64. The van der Waals surface area contributed by atoms with Crippen LogP contribution in [0.5, 0.6) is 0 Å². The van der Waals surface area contributed by atoms with Crippen LogP contribution >= 0.6 is 0 Å². The summed E-state index contributed by atoms with van der Waals surface area (Å²) >= 11 is 0. The van der Waals surface area contributed by atoms with Gasteiger partial charge in [0.25, 0.3) is 5.91 Å². The summed E-state index contributed by atoms with van der Waals surface area (Å²) in [4.78, 5) is 14.5. The number of aliphatic hydroxyl groups is 1. The first-order chi connectivity index (χ1) is 9.63. The Morgan fingerprint density at radius 1 is 1.45 bits per heavy atom. The van der Waals surface area contributed by atoms with E-state index < -0.39 is 0 Å². The zero-order valence-electron chi connectivity index (χ0n) is 12.1. The molecule has 1 fully saturated rings. The minimum Gasteiger partial charge on any atom is -0.384 e. The van der Waals surface area contributed by atoms with Gasteiger partial charge >= 0.3 is 0 Å². The number of aliphatic hydroxyl groups excluding tert-OH is 1. The molecule has 0 spiro atoms. The zero-order valence-corrected chi connectivity index (χ0v) is 12.1. The van der Waals surface area contributed by atoms with E-state index in [2.05, 4.69) is 18.8 Å². The maximum Gasteiger partial charge on any atom is 0.254 e. The van der Waals surface area contributed by atoms with Crippen molar-refractivity contribution in [3.05, 3.63) is 34.9 Å². The number of carbonyl (C=O) groups is 1. The van der Waals surface area contributed by atoms with Crippen molar-refractivity contribution in [3.63, 3.8) is 0 Å². The number of amides is 1. The minimum atomic E-state index is -0.147. The van der Waals surface area contributed by atoms with Crippen LogP contribution < -0.4 is 0 Å². The summed E-state index contributed by atoms with van der Waals surface area (Å²) in [6.45, 7) is 4.76. The van der Waals surface area contributed by atoms with Crippen LogP contribution in [0.25, 0.3) is 0 Å². The van der Waals surface area contributed by atoms with E-state index in [4.69, 9.17) is 5.11 Å². The second-order valence-corrected chi connectivity index (χ2v) is 5.33. The number of aryl methyl sites for hydroxylation is 1. The van der Waals surface area contributed by atoms with E-state index in [1.165, 1.54) is 6.42 Å². The van der Waals surface area contributed by atoms with Crippen LogP contribution in [-0.2, 0) is 0 Å². The number of nitrogens with zero attached hydrogens (tertiary/aromatic N) is 1. The Balaban J connectivity index is 2.20. The van der Waals surface area contributed by atoms with Gasteiger partial charge in [0.1, 0.15) is 6.61 Å². The largest absolute Gasteiger partial charge is 0.384 e. The summed E-state index contributed by atoms with van der Waals surface area (Å²) in [5.41, 5.74) is 2.56. The minimum absolute atomic E-state index is 0.113. The van der Waals surface area contributed by atoms with Crippen molar-refractivity contribution in [2.75, 3.05) is 13.2 Å². The second-order valence-electron chi connectivity index (χ2n) is 5.33. The van der Waals surface area contributed by atoms with Gasteiger partial charge in [-0.05, 0) is 56.9 Å². The van der Waals surface area contributed by atoms with Crippen LogP contribution in [-0.4, -0.2) is 35.1 Å². The molecule has 1 aromatic rings. The van der Waals surface area contributed by atoms with Crippen molar-refractivity contribution >= 4 is 5.91 Å². The lowest BCUT2D eigenvalue weighted by atomic mass is 10.0. The number of likely N-dealkylation sites (tertiary alicyclic amines) is 1. The van der Waals surface area contributed by atoms with E-state index >= 15 is 0 Å². The standard InChI is InChI=1S/C17H21NO2/c1-13-12-16(9-8-15(13)7-5-11-19)17(20)18-10-4-3-6-14(18)2/h8-9,12,14,19H,3-4,6,10-11H2,1-2H3. The topological polar surface area (TPSA) is 40.5 Å². The van der Waals surface area contributed by atoms with E-state index in [0.717, 1.165) is 36.1 Å². The molecule has 1 saturated heterocycles.